The summed E-state index contributed by atoms with van der Waals surface area (Å²) in [7, 11) is 0. The number of fused-ring (bicyclic) bond motifs is 1. The molecule has 0 unspecified atom stereocenters. The number of hydrogen-bond acceptors (Lipinski definition) is 2. The van der Waals surface area contributed by atoms with E-state index in [9.17, 15) is 9.18 Å². The third-order valence-electron chi connectivity index (χ3n) is 3.73. The van der Waals surface area contributed by atoms with Crippen molar-refractivity contribution in [2.75, 3.05) is 0 Å². The van der Waals surface area contributed by atoms with Crippen LogP contribution in [-0.2, 0) is 0 Å². The Hall–Kier alpha value is -3.21. The molecule has 0 atom stereocenters. The van der Waals surface area contributed by atoms with Gasteiger partial charge in [-0.1, -0.05) is 42.5 Å². The van der Waals surface area contributed by atoms with Crippen LogP contribution in [0.15, 0.2) is 71.7 Å². The number of H-pyrrole nitrogens is 1. The molecule has 1 N–H and O–H groups in total. The molecular formula is C18H12FN3O. The molecule has 112 valence electrons. The van der Waals surface area contributed by atoms with Crippen LogP contribution in [-0.4, -0.2) is 14.6 Å². The Kier molecular flexibility index (Phi) is 3.05. The SMILES string of the molecule is O=c1cc(-c2ccccc2F)nc2c(-c3ccccc3)c[nH]n12. The van der Waals surface area contributed by atoms with E-state index in [1.54, 1.807) is 24.4 Å². The van der Waals surface area contributed by atoms with Gasteiger partial charge >= 0.3 is 0 Å². The van der Waals surface area contributed by atoms with Crippen molar-refractivity contribution in [3.8, 4) is 22.4 Å². The normalized spacial score (nSPS) is 11.0. The van der Waals surface area contributed by atoms with Crippen LogP contribution in [0.2, 0.25) is 0 Å². The van der Waals surface area contributed by atoms with Crippen LogP contribution in [0.1, 0.15) is 0 Å². The monoisotopic (exact) mass is 305 g/mol. The number of nitrogens with one attached hydrogen (secondary N) is 1. The molecule has 0 saturated heterocycles. The molecule has 0 fully saturated rings. The highest BCUT2D eigenvalue weighted by atomic mass is 19.1. The predicted molar refractivity (Wildman–Crippen MR) is 86.6 cm³/mol. The van der Waals surface area contributed by atoms with Gasteiger partial charge in [-0.3, -0.25) is 9.89 Å². The lowest BCUT2D eigenvalue weighted by atomic mass is 10.1. The number of rotatable bonds is 2. The van der Waals surface area contributed by atoms with Gasteiger partial charge in [0, 0.05) is 23.4 Å². The first-order valence-electron chi connectivity index (χ1n) is 7.15. The summed E-state index contributed by atoms with van der Waals surface area (Å²) in [5.41, 5.74) is 2.55. The molecule has 0 spiro atoms. The molecule has 23 heavy (non-hydrogen) atoms. The van der Waals surface area contributed by atoms with Crippen molar-refractivity contribution in [3.05, 3.63) is 83.0 Å². The standard InChI is InChI=1S/C18H12FN3O/c19-15-9-5-4-8-13(15)16-10-17(23)22-18(21-16)14(11-20-22)12-6-2-1-3-7-12/h1-11,20H. The lowest BCUT2D eigenvalue weighted by Crippen LogP contribution is -2.14. The summed E-state index contributed by atoms with van der Waals surface area (Å²) in [4.78, 5) is 16.8. The minimum absolute atomic E-state index is 0.282. The van der Waals surface area contributed by atoms with Gasteiger partial charge in [-0.15, -0.1) is 0 Å². The first-order chi connectivity index (χ1) is 11.2. The van der Waals surface area contributed by atoms with Crippen LogP contribution < -0.4 is 5.56 Å². The second-order valence-corrected chi connectivity index (χ2v) is 5.17. The second kappa shape index (κ2) is 5.21. The van der Waals surface area contributed by atoms with Gasteiger partial charge in [-0.25, -0.2) is 13.9 Å². The van der Waals surface area contributed by atoms with Crippen molar-refractivity contribution in [2.45, 2.75) is 0 Å². The summed E-state index contributed by atoms with van der Waals surface area (Å²) in [5, 5.41) is 2.90. The van der Waals surface area contributed by atoms with E-state index in [1.165, 1.54) is 16.6 Å². The zero-order chi connectivity index (χ0) is 15.8. The third-order valence-corrected chi connectivity index (χ3v) is 3.73. The summed E-state index contributed by atoms with van der Waals surface area (Å²) < 4.78 is 15.4. The smallest absolute Gasteiger partial charge is 0.273 e. The predicted octanol–water partition coefficient (Wildman–Crippen LogP) is 3.50. The molecular weight excluding hydrogens is 293 g/mol. The number of halogens is 1. The highest BCUT2D eigenvalue weighted by molar-refractivity contribution is 5.78. The van der Waals surface area contributed by atoms with Crippen molar-refractivity contribution in [3.63, 3.8) is 0 Å². The Morgan fingerprint density at radius 1 is 0.957 bits per heavy atom. The lowest BCUT2D eigenvalue weighted by Gasteiger charge is -2.04. The summed E-state index contributed by atoms with van der Waals surface area (Å²) in [6, 6.07) is 17.2. The molecule has 2 heterocycles. The number of nitrogens with zero attached hydrogens (tertiary/aromatic N) is 2. The fourth-order valence-corrected chi connectivity index (χ4v) is 2.62. The molecule has 2 aromatic heterocycles. The van der Waals surface area contributed by atoms with Crippen molar-refractivity contribution in [2.24, 2.45) is 0 Å². The Morgan fingerprint density at radius 2 is 1.70 bits per heavy atom. The summed E-state index contributed by atoms with van der Waals surface area (Å²) in [5.74, 6) is -0.402. The Labute approximate surface area is 130 Å². The van der Waals surface area contributed by atoms with Crippen LogP contribution in [0.4, 0.5) is 4.39 Å². The van der Waals surface area contributed by atoms with Crippen LogP contribution in [0.5, 0.6) is 0 Å². The molecule has 4 rings (SSSR count). The first kappa shape index (κ1) is 13.5. The number of hydrogen-bond donors (Lipinski definition) is 1. The molecule has 4 aromatic rings. The van der Waals surface area contributed by atoms with E-state index in [0.29, 0.717) is 16.9 Å². The molecule has 0 saturated carbocycles. The van der Waals surface area contributed by atoms with Crippen LogP contribution in [0.25, 0.3) is 28.0 Å². The summed E-state index contributed by atoms with van der Waals surface area (Å²) >= 11 is 0. The quantitative estimate of drug-likeness (QED) is 0.616. The maximum Gasteiger partial charge on any atom is 0.273 e. The minimum atomic E-state index is -0.402. The molecule has 0 radical (unpaired) electrons. The van der Waals surface area contributed by atoms with Crippen molar-refractivity contribution >= 4 is 5.65 Å². The number of aromatic amines is 1. The van der Waals surface area contributed by atoms with Gasteiger partial charge in [0.25, 0.3) is 5.56 Å². The molecule has 0 aliphatic rings. The average molecular weight is 305 g/mol. The van der Waals surface area contributed by atoms with Crippen LogP contribution in [0.3, 0.4) is 0 Å². The van der Waals surface area contributed by atoms with Crippen LogP contribution >= 0.6 is 0 Å². The van der Waals surface area contributed by atoms with Gasteiger partial charge in [0.2, 0.25) is 0 Å². The maximum absolute atomic E-state index is 14.0. The average Bonchev–Trinajstić information content (AvgIpc) is 3.00. The van der Waals surface area contributed by atoms with E-state index >= 15 is 0 Å². The van der Waals surface area contributed by atoms with E-state index in [4.69, 9.17) is 0 Å². The Balaban J connectivity index is 2.00. The van der Waals surface area contributed by atoms with Gasteiger partial charge in [-0.05, 0) is 17.7 Å². The minimum Gasteiger partial charge on any atom is -0.296 e. The van der Waals surface area contributed by atoms with Gasteiger partial charge < -0.3 is 0 Å². The molecule has 5 heteroatoms. The maximum atomic E-state index is 14.0. The number of benzene rings is 2. The second-order valence-electron chi connectivity index (χ2n) is 5.17. The molecule has 0 bridgehead atoms. The van der Waals surface area contributed by atoms with Gasteiger partial charge in [0.15, 0.2) is 5.65 Å². The van der Waals surface area contributed by atoms with Crippen LogP contribution in [0, 0.1) is 5.82 Å². The largest absolute Gasteiger partial charge is 0.296 e. The molecule has 4 nitrogen and oxygen atoms in total. The topological polar surface area (TPSA) is 50.2 Å². The molecule has 0 aliphatic heterocycles. The van der Waals surface area contributed by atoms with E-state index in [-0.39, 0.29) is 5.56 Å². The third kappa shape index (κ3) is 2.23. The zero-order valence-electron chi connectivity index (χ0n) is 12.0. The van der Waals surface area contributed by atoms with E-state index in [0.717, 1.165) is 11.1 Å². The highest BCUT2D eigenvalue weighted by Gasteiger charge is 2.13. The van der Waals surface area contributed by atoms with Crippen molar-refractivity contribution < 1.29 is 4.39 Å². The Morgan fingerprint density at radius 3 is 2.48 bits per heavy atom. The summed E-state index contributed by atoms with van der Waals surface area (Å²) in [6.07, 6.45) is 1.73. The van der Waals surface area contributed by atoms with E-state index < -0.39 is 5.82 Å². The van der Waals surface area contributed by atoms with Crippen molar-refractivity contribution in [1.82, 2.24) is 14.6 Å². The van der Waals surface area contributed by atoms with E-state index in [1.807, 2.05) is 30.3 Å². The molecule has 2 aromatic carbocycles. The highest BCUT2D eigenvalue weighted by Crippen LogP contribution is 2.25. The van der Waals surface area contributed by atoms with Gasteiger partial charge in [-0.2, -0.15) is 0 Å². The fraction of sp³-hybridized carbons (Fsp3) is 0. The van der Waals surface area contributed by atoms with Gasteiger partial charge in [0.1, 0.15) is 5.82 Å². The molecule has 0 aliphatic carbocycles. The fourth-order valence-electron chi connectivity index (χ4n) is 2.62. The van der Waals surface area contributed by atoms with Crippen molar-refractivity contribution in [1.29, 1.82) is 0 Å². The van der Waals surface area contributed by atoms with E-state index in [2.05, 4.69) is 10.1 Å². The summed E-state index contributed by atoms with van der Waals surface area (Å²) in [6.45, 7) is 0. The molecule has 0 amide bonds. The lowest BCUT2D eigenvalue weighted by molar-refractivity contribution is 0.630. The van der Waals surface area contributed by atoms with Gasteiger partial charge in [0.05, 0.1) is 5.69 Å². The zero-order valence-corrected chi connectivity index (χ0v) is 12.0. The Bertz CT molecular complexity index is 1050. The number of aromatic nitrogens is 3. The first-order valence-corrected chi connectivity index (χ1v) is 7.15.